The maximum absolute atomic E-state index is 12.5. The zero-order chi connectivity index (χ0) is 20.0. The number of amides is 1. The van der Waals surface area contributed by atoms with Gasteiger partial charge in [0.2, 0.25) is 0 Å². The molecule has 1 N–H and O–H groups in total. The van der Waals surface area contributed by atoms with Crippen LogP contribution in [0.2, 0.25) is 0 Å². The lowest BCUT2D eigenvalue weighted by Crippen LogP contribution is -2.13. The van der Waals surface area contributed by atoms with Crippen LogP contribution in [0.25, 0.3) is 6.08 Å². The molecule has 0 radical (unpaired) electrons. The SMILES string of the molecule is CCOc1cc(/C=C(\C#N)C(=O)Nc2ccc(C)c(C)c2)c(Br)cc1OC. The van der Waals surface area contributed by atoms with Crippen LogP contribution in [0, 0.1) is 25.2 Å². The molecule has 27 heavy (non-hydrogen) atoms. The highest BCUT2D eigenvalue weighted by molar-refractivity contribution is 9.10. The first kappa shape index (κ1) is 20.5. The number of rotatable bonds is 6. The van der Waals surface area contributed by atoms with E-state index in [1.807, 2.05) is 45.0 Å². The molecule has 0 aliphatic heterocycles. The fraction of sp³-hybridized carbons (Fsp3) is 0.238. The molecule has 0 bridgehead atoms. The first-order chi connectivity index (χ1) is 12.9. The van der Waals surface area contributed by atoms with Crippen molar-refractivity contribution in [2.24, 2.45) is 0 Å². The Morgan fingerprint density at radius 1 is 1.22 bits per heavy atom. The van der Waals surface area contributed by atoms with Gasteiger partial charge < -0.3 is 14.8 Å². The molecule has 0 saturated carbocycles. The van der Waals surface area contributed by atoms with Crippen LogP contribution >= 0.6 is 15.9 Å². The number of carbonyl (C=O) groups excluding carboxylic acids is 1. The van der Waals surface area contributed by atoms with E-state index in [4.69, 9.17) is 9.47 Å². The van der Waals surface area contributed by atoms with Gasteiger partial charge in [-0.25, -0.2) is 0 Å². The Balaban J connectivity index is 2.34. The van der Waals surface area contributed by atoms with Crippen LogP contribution in [0.1, 0.15) is 23.6 Å². The van der Waals surface area contributed by atoms with Gasteiger partial charge in [0.1, 0.15) is 11.6 Å². The van der Waals surface area contributed by atoms with E-state index in [0.29, 0.717) is 33.8 Å². The van der Waals surface area contributed by atoms with Crippen LogP contribution < -0.4 is 14.8 Å². The van der Waals surface area contributed by atoms with Gasteiger partial charge in [0.15, 0.2) is 11.5 Å². The zero-order valence-electron chi connectivity index (χ0n) is 15.7. The van der Waals surface area contributed by atoms with E-state index in [2.05, 4.69) is 21.2 Å². The molecule has 0 atom stereocenters. The van der Waals surface area contributed by atoms with Crippen molar-refractivity contribution in [2.45, 2.75) is 20.8 Å². The molecule has 0 aromatic heterocycles. The molecule has 0 saturated heterocycles. The minimum atomic E-state index is -0.471. The third kappa shape index (κ3) is 5.11. The summed E-state index contributed by atoms with van der Waals surface area (Å²) in [7, 11) is 1.55. The van der Waals surface area contributed by atoms with Gasteiger partial charge in [-0.2, -0.15) is 5.26 Å². The lowest BCUT2D eigenvalue weighted by Gasteiger charge is -2.12. The van der Waals surface area contributed by atoms with E-state index in [1.54, 1.807) is 19.2 Å². The molecule has 2 aromatic carbocycles. The normalized spacial score (nSPS) is 10.9. The van der Waals surface area contributed by atoms with Gasteiger partial charge in [0.25, 0.3) is 5.91 Å². The van der Waals surface area contributed by atoms with E-state index >= 15 is 0 Å². The summed E-state index contributed by atoms with van der Waals surface area (Å²) in [6, 6.07) is 11.0. The molecule has 0 aliphatic rings. The number of aryl methyl sites for hydroxylation is 2. The molecular weight excluding hydrogens is 408 g/mol. The molecular formula is C21H21BrN2O3. The largest absolute Gasteiger partial charge is 0.493 e. The van der Waals surface area contributed by atoms with E-state index in [1.165, 1.54) is 6.08 Å². The van der Waals surface area contributed by atoms with Crippen molar-refractivity contribution in [2.75, 3.05) is 19.0 Å². The summed E-state index contributed by atoms with van der Waals surface area (Å²) in [6.45, 7) is 6.31. The summed E-state index contributed by atoms with van der Waals surface area (Å²) in [5, 5.41) is 12.2. The number of hydrogen-bond acceptors (Lipinski definition) is 4. The fourth-order valence-electron chi connectivity index (χ4n) is 2.41. The number of anilines is 1. The van der Waals surface area contributed by atoms with Crippen LogP contribution in [-0.4, -0.2) is 19.6 Å². The topological polar surface area (TPSA) is 71.3 Å². The number of nitriles is 1. The predicted octanol–water partition coefficient (Wildman–Crippen LogP) is 5.02. The summed E-state index contributed by atoms with van der Waals surface area (Å²) < 4.78 is 11.5. The number of hydrogen-bond donors (Lipinski definition) is 1. The van der Waals surface area contributed by atoms with Crippen molar-refractivity contribution in [3.05, 3.63) is 57.1 Å². The summed E-state index contributed by atoms with van der Waals surface area (Å²) in [5.74, 6) is 0.640. The molecule has 140 valence electrons. The third-order valence-corrected chi connectivity index (χ3v) is 4.70. The number of benzene rings is 2. The van der Waals surface area contributed by atoms with Gasteiger partial charge in [-0.1, -0.05) is 22.0 Å². The number of carbonyl (C=O) groups is 1. The Morgan fingerprint density at radius 2 is 1.96 bits per heavy atom. The first-order valence-corrected chi connectivity index (χ1v) is 9.19. The second-order valence-corrected chi connectivity index (χ2v) is 6.73. The minimum absolute atomic E-state index is 0.0125. The number of nitrogens with one attached hydrogen (secondary N) is 1. The maximum Gasteiger partial charge on any atom is 0.266 e. The second kappa shape index (κ2) is 9.24. The molecule has 0 heterocycles. The molecule has 2 rings (SSSR count). The van der Waals surface area contributed by atoms with Crippen molar-refractivity contribution in [3.8, 4) is 17.6 Å². The monoisotopic (exact) mass is 428 g/mol. The van der Waals surface area contributed by atoms with E-state index in [-0.39, 0.29) is 5.57 Å². The first-order valence-electron chi connectivity index (χ1n) is 8.40. The Kier molecular flexibility index (Phi) is 7.03. The van der Waals surface area contributed by atoms with Crippen LogP contribution in [-0.2, 0) is 4.79 Å². The summed E-state index contributed by atoms with van der Waals surface area (Å²) in [6.07, 6.45) is 1.52. The Hall–Kier alpha value is -2.78. The van der Waals surface area contributed by atoms with Crippen molar-refractivity contribution in [1.82, 2.24) is 0 Å². The van der Waals surface area contributed by atoms with Crippen molar-refractivity contribution in [1.29, 1.82) is 5.26 Å². The van der Waals surface area contributed by atoms with E-state index < -0.39 is 5.91 Å². The van der Waals surface area contributed by atoms with Crippen molar-refractivity contribution >= 4 is 33.6 Å². The van der Waals surface area contributed by atoms with Gasteiger partial charge >= 0.3 is 0 Å². The summed E-state index contributed by atoms with van der Waals surface area (Å²) in [5.41, 5.74) is 3.48. The lowest BCUT2D eigenvalue weighted by atomic mass is 10.1. The average molecular weight is 429 g/mol. The van der Waals surface area contributed by atoms with Gasteiger partial charge in [-0.05, 0) is 67.8 Å². The molecule has 5 nitrogen and oxygen atoms in total. The molecule has 2 aromatic rings. The highest BCUT2D eigenvalue weighted by Crippen LogP contribution is 2.34. The zero-order valence-corrected chi connectivity index (χ0v) is 17.3. The number of methoxy groups -OCH3 is 1. The highest BCUT2D eigenvalue weighted by Gasteiger charge is 2.14. The maximum atomic E-state index is 12.5. The number of halogens is 1. The third-order valence-electron chi connectivity index (χ3n) is 4.01. The summed E-state index contributed by atoms with van der Waals surface area (Å²) in [4.78, 5) is 12.5. The predicted molar refractivity (Wildman–Crippen MR) is 110 cm³/mol. The minimum Gasteiger partial charge on any atom is -0.493 e. The Morgan fingerprint density at radius 3 is 2.56 bits per heavy atom. The van der Waals surface area contributed by atoms with E-state index in [0.717, 1.165) is 11.1 Å². The van der Waals surface area contributed by atoms with Gasteiger partial charge in [-0.15, -0.1) is 0 Å². The van der Waals surface area contributed by atoms with Crippen molar-refractivity contribution in [3.63, 3.8) is 0 Å². The smallest absolute Gasteiger partial charge is 0.266 e. The lowest BCUT2D eigenvalue weighted by molar-refractivity contribution is -0.112. The van der Waals surface area contributed by atoms with Gasteiger partial charge in [0, 0.05) is 10.2 Å². The molecule has 0 unspecified atom stereocenters. The number of nitrogens with zero attached hydrogens (tertiary/aromatic N) is 1. The van der Waals surface area contributed by atoms with Crippen LogP contribution in [0.3, 0.4) is 0 Å². The van der Waals surface area contributed by atoms with Crippen LogP contribution in [0.4, 0.5) is 5.69 Å². The van der Waals surface area contributed by atoms with Crippen LogP contribution in [0.5, 0.6) is 11.5 Å². The van der Waals surface area contributed by atoms with Gasteiger partial charge in [0.05, 0.1) is 13.7 Å². The Labute approximate surface area is 167 Å². The van der Waals surface area contributed by atoms with Gasteiger partial charge in [-0.3, -0.25) is 4.79 Å². The van der Waals surface area contributed by atoms with Crippen molar-refractivity contribution < 1.29 is 14.3 Å². The fourth-order valence-corrected chi connectivity index (χ4v) is 2.85. The summed E-state index contributed by atoms with van der Waals surface area (Å²) >= 11 is 3.44. The van der Waals surface area contributed by atoms with Crippen LogP contribution in [0.15, 0.2) is 40.4 Å². The molecule has 1 amide bonds. The Bertz CT molecular complexity index is 930. The second-order valence-electron chi connectivity index (χ2n) is 5.88. The van der Waals surface area contributed by atoms with E-state index in [9.17, 15) is 10.1 Å². The highest BCUT2D eigenvalue weighted by atomic mass is 79.9. The molecule has 0 spiro atoms. The average Bonchev–Trinajstić information content (AvgIpc) is 2.64. The number of ether oxygens (including phenoxy) is 2. The standard InChI is InChI=1S/C21H21BrN2O3/c1-5-27-20-10-15(18(22)11-19(20)26-4)9-16(12-23)21(25)24-17-7-6-13(2)14(3)8-17/h6-11H,5H2,1-4H3,(H,24,25)/b16-9+. The molecule has 6 heteroatoms. The molecule has 0 fully saturated rings. The molecule has 0 aliphatic carbocycles. The quantitative estimate of drug-likeness (QED) is 0.517.